The van der Waals surface area contributed by atoms with E-state index in [2.05, 4.69) is 45.9 Å². The lowest BCUT2D eigenvalue weighted by atomic mass is 9.90. The van der Waals surface area contributed by atoms with Crippen LogP contribution in [0.3, 0.4) is 0 Å². The summed E-state index contributed by atoms with van der Waals surface area (Å²) in [7, 11) is 1.85. The summed E-state index contributed by atoms with van der Waals surface area (Å²) in [6.45, 7) is 6.82. The average molecular weight is 546 g/mol. The van der Waals surface area contributed by atoms with E-state index in [0.717, 1.165) is 54.5 Å². The predicted molar refractivity (Wildman–Crippen MR) is 151 cm³/mol. The number of thiazole rings is 1. The zero-order valence-corrected chi connectivity index (χ0v) is 23.3. The van der Waals surface area contributed by atoms with Crippen molar-refractivity contribution < 1.29 is 9.18 Å². The number of nitriles is 1. The van der Waals surface area contributed by atoms with Crippen molar-refractivity contribution >= 4 is 28.7 Å². The summed E-state index contributed by atoms with van der Waals surface area (Å²) in [5.41, 5.74) is 4.78. The topological polar surface area (TPSA) is 89.6 Å². The number of carbonyl (C=O) groups excluding carboxylic acids is 1. The maximum absolute atomic E-state index is 13.6. The first-order chi connectivity index (χ1) is 18.9. The number of nitrogens with one attached hydrogen (secondary N) is 1. The monoisotopic (exact) mass is 545 g/mol. The van der Waals surface area contributed by atoms with Crippen molar-refractivity contribution in [2.75, 3.05) is 32.1 Å². The third-order valence-electron chi connectivity index (χ3n) is 7.39. The molecule has 1 aliphatic rings. The van der Waals surface area contributed by atoms with Gasteiger partial charge in [0.25, 0.3) is 0 Å². The SMILES string of the molecule is CCc1nc2ccc(C3CCN(CN(C)C(C)=O)CC3)cn2c1NCc1nc(-c2ccc(F)cc2C#N)cs1. The van der Waals surface area contributed by atoms with Gasteiger partial charge in [-0.2, -0.15) is 5.26 Å². The number of halogens is 1. The van der Waals surface area contributed by atoms with Crippen LogP contribution in [0.15, 0.2) is 41.9 Å². The van der Waals surface area contributed by atoms with Crippen LogP contribution in [-0.4, -0.2) is 56.9 Å². The largest absolute Gasteiger partial charge is 0.363 e. The van der Waals surface area contributed by atoms with Crippen LogP contribution >= 0.6 is 11.3 Å². The van der Waals surface area contributed by atoms with E-state index in [-0.39, 0.29) is 11.5 Å². The van der Waals surface area contributed by atoms with Gasteiger partial charge in [-0.15, -0.1) is 11.3 Å². The Kier molecular flexibility index (Phi) is 7.91. The summed E-state index contributed by atoms with van der Waals surface area (Å²) in [6, 6.07) is 10.5. The molecule has 8 nitrogen and oxygen atoms in total. The quantitative estimate of drug-likeness (QED) is 0.325. The molecule has 4 aromatic rings. The zero-order chi connectivity index (χ0) is 27.5. The van der Waals surface area contributed by atoms with Crippen LogP contribution in [0.5, 0.6) is 0 Å². The van der Waals surface area contributed by atoms with Crippen LogP contribution in [0.2, 0.25) is 0 Å². The third kappa shape index (κ3) is 5.79. The lowest BCUT2D eigenvalue weighted by Crippen LogP contribution is -2.42. The molecule has 202 valence electrons. The summed E-state index contributed by atoms with van der Waals surface area (Å²) in [4.78, 5) is 25.2. The van der Waals surface area contributed by atoms with Gasteiger partial charge in [0, 0.05) is 44.2 Å². The lowest BCUT2D eigenvalue weighted by molar-refractivity contribution is -0.129. The summed E-state index contributed by atoms with van der Waals surface area (Å²) in [5.74, 6) is 1.08. The molecule has 39 heavy (non-hydrogen) atoms. The molecule has 0 aliphatic carbocycles. The molecule has 1 aliphatic heterocycles. The highest BCUT2D eigenvalue weighted by molar-refractivity contribution is 7.10. The molecular weight excluding hydrogens is 513 g/mol. The standard InChI is InChI=1S/C29H32FN7OS/c1-4-25-29(32-15-28-34-26(17-39-28)24-7-6-23(30)13-22(24)14-31)37-16-21(5-8-27(37)33-25)20-9-11-36(12-10-20)18-35(3)19(2)38/h5-8,13,16-17,20,32H,4,9-12,15,18H2,1-3H3. The smallest absolute Gasteiger partial charge is 0.220 e. The summed E-state index contributed by atoms with van der Waals surface area (Å²) in [5, 5.41) is 15.7. The molecule has 4 heterocycles. The van der Waals surface area contributed by atoms with E-state index < -0.39 is 5.82 Å². The Bertz CT molecular complexity index is 1530. The Balaban J connectivity index is 1.31. The minimum Gasteiger partial charge on any atom is -0.363 e. The van der Waals surface area contributed by atoms with Crippen molar-refractivity contribution in [3.63, 3.8) is 0 Å². The number of amides is 1. The van der Waals surface area contributed by atoms with Crippen LogP contribution in [-0.2, 0) is 17.8 Å². The van der Waals surface area contributed by atoms with E-state index in [9.17, 15) is 14.4 Å². The van der Waals surface area contributed by atoms with Gasteiger partial charge in [0.15, 0.2) is 0 Å². The molecule has 10 heteroatoms. The number of piperidine rings is 1. The van der Waals surface area contributed by atoms with E-state index in [4.69, 9.17) is 9.97 Å². The Morgan fingerprint density at radius 1 is 1.26 bits per heavy atom. The fraction of sp³-hybridized carbons (Fsp3) is 0.379. The molecule has 0 bridgehead atoms. The van der Waals surface area contributed by atoms with Crippen LogP contribution in [0.1, 0.15) is 54.4 Å². The van der Waals surface area contributed by atoms with Crippen molar-refractivity contribution in [1.29, 1.82) is 5.26 Å². The van der Waals surface area contributed by atoms with Crippen LogP contribution in [0.4, 0.5) is 10.2 Å². The van der Waals surface area contributed by atoms with E-state index in [1.807, 2.05) is 12.4 Å². The lowest BCUT2D eigenvalue weighted by Gasteiger charge is -2.34. The first-order valence-corrected chi connectivity index (χ1v) is 14.1. The average Bonchev–Trinajstić information content (AvgIpc) is 3.56. The number of aromatic nitrogens is 3. The molecule has 1 saturated heterocycles. The van der Waals surface area contributed by atoms with Gasteiger partial charge < -0.3 is 10.2 Å². The number of aryl methyl sites for hydroxylation is 1. The zero-order valence-electron chi connectivity index (χ0n) is 22.4. The number of imidazole rings is 1. The minimum atomic E-state index is -0.433. The number of benzene rings is 1. The van der Waals surface area contributed by atoms with E-state index in [0.29, 0.717) is 30.4 Å². The molecule has 3 aromatic heterocycles. The van der Waals surface area contributed by atoms with Crippen molar-refractivity contribution in [3.05, 3.63) is 69.6 Å². The minimum absolute atomic E-state index is 0.0887. The Morgan fingerprint density at radius 2 is 2.05 bits per heavy atom. The first-order valence-electron chi connectivity index (χ1n) is 13.2. The van der Waals surface area contributed by atoms with Crippen molar-refractivity contribution in [2.45, 2.75) is 45.6 Å². The predicted octanol–water partition coefficient (Wildman–Crippen LogP) is 5.26. The van der Waals surface area contributed by atoms with Crippen LogP contribution in [0.25, 0.3) is 16.9 Å². The van der Waals surface area contributed by atoms with Gasteiger partial charge >= 0.3 is 0 Å². The van der Waals surface area contributed by atoms with Crippen LogP contribution in [0, 0.1) is 17.1 Å². The normalized spacial score (nSPS) is 14.4. The fourth-order valence-electron chi connectivity index (χ4n) is 5.10. The number of anilines is 1. The number of pyridine rings is 1. The number of hydrogen-bond acceptors (Lipinski definition) is 7. The Labute approximate surface area is 231 Å². The number of fused-ring (bicyclic) bond motifs is 1. The summed E-state index contributed by atoms with van der Waals surface area (Å²) in [6.07, 6.45) is 5.10. The molecular formula is C29H32FN7OS. The number of carbonyl (C=O) groups is 1. The number of rotatable bonds is 8. The molecule has 0 saturated carbocycles. The van der Waals surface area contributed by atoms with Gasteiger partial charge in [-0.1, -0.05) is 13.0 Å². The number of likely N-dealkylation sites (tertiary alicyclic amines) is 1. The number of nitrogens with zero attached hydrogens (tertiary/aromatic N) is 6. The van der Waals surface area contributed by atoms with Gasteiger partial charge in [0.2, 0.25) is 5.91 Å². The van der Waals surface area contributed by atoms with E-state index >= 15 is 0 Å². The molecule has 0 radical (unpaired) electrons. The van der Waals surface area contributed by atoms with Crippen molar-refractivity contribution in [2.24, 2.45) is 0 Å². The Morgan fingerprint density at radius 3 is 2.77 bits per heavy atom. The molecule has 1 fully saturated rings. The Hall–Kier alpha value is -3.81. The van der Waals surface area contributed by atoms with E-state index in [1.54, 1.807) is 17.9 Å². The molecule has 5 rings (SSSR count). The second-order valence-electron chi connectivity index (χ2n) is 9.98. The van der Waals surface area contributed by atoms with E-state index in [1.165, 1.54) is 29.0 Å². The fourth-order valence-corrected chi connectivity index (χ4v) is 5.83. The molecule has 1 N–H and O–H groups in total. The highest BCUT2D eigenvalue weighted by Gasteiger charge is 2.23. The highest BCUT2D eigenvalue weighted by Crippen LogP contribution is 2.31. The van der Waals surface area contributed by atoms with Gasteiger partial charge in [0.05, 0.1) is 36.2 Å². The van der Waals surface area contributed by atoms with Gasteiger partial charge in [0.1, 0.15) is 22.3 Å². The van der Waals surface area contributed by atoms with Gasteiger partial charge in [-0.05, 0) is 55.0 Å². The molecule has 0 spiro atoms. The first kappa shape index (κ1) is 26.8. The molecule has 1 amide bonds. The third-order valence-corrected chi connectivity index (χ3v) is 8.24. The van der Waals surface area contributed by atoms with Gasteiger partial charge in [-0.25, -0.2) is 14.4 Å². The van der Waals surface area contributed by atoms with Gasteiger partial charge in [-0.3, -0.25) is 14.1 Å². The second kappa shape index (κ2) is 11.5. The maximum Gasteiger partial charge on any atom is 0.220 e. The number of hydrogen-bond donors (Lipinski definition) is 1. The summed E-state index contributed by atoms with van der Waals surface area (Å²) >= 11 is 1.50. The summed E-state index contributed by atoms with van der Waals surface area (Å²) < 4.78 is 15.7. The molecule has 1 aromatic carbocycles. The van der Waals surface area contributed by atoms with Crippen LogP contribution < -0.4 is 5.32 Å². The second-order valence-corrected chi connectivity index (χ2v) is 10.9. The molecule has 0 unspecified atom stereocenters. The van der Waals surface area contributed by atoms with Crippen molar-refractivity contribution in [1.82, 2.24) is 24.2 Å². The highest BCUT2D eigenvalue weighted by atomic mass is 32.1. The van der Waals surface area contributed by atoms with Crippen molar-refractivity contribution in [3.8, 4) is 17.3 Å². The maximum atomic E-state index is 13.6. The molecule has 0 atom stereocenters.